The minimum atomic E-state index is -1.01. The molecule has 0 atom stereocenters. The summed E-state index contributed by atoms with van der Waals surface area (Å²) in [4.78, 5) is 25.6. The third kappa shape index (κ3) is 1.83. The maximum atomic E-state index is 12.0. The fourth-order valence-corrected chi connectivity index (χ4v) is 2.13. The van der Waals surface area contributed by atoms with Gasteiger partial charge in [-0.1, -0.05) is 0 Å². The standard InChI is InChI=1S/C14H11N3O3/c15-9-3-6-11-12(7-9)17(14(20)16-11)10-4-1-8(2-5-10)13(18)19/h1-7H,15H2,(H,16,20)(H,18,19). The number of nitrogens with two attached hydrogens (primary N) is 1. The zero-order valence-corrected chi connectivity index (χ0v) is 10.3. The number of fused-ring (bicyclic) bond motifs is 1. The largest absolute Gasteiger partial charge is 0.478 e. The van der Waals surface area contributed by atoms with Crippen LogP contribution in [-0.4, -0.2) is 20.6 Å². The number of carbonyl (C=O) groups is 1. The number of aromatic carboxylic acids is 1. The van der Waals surface area contributed by atoms with Crippen LogP contribution in [0.4, 0.5) is 5.69 Å². The van der Waals surface area contributed by atoms with Gasteiger partial charge in [0.2, 0.25) is 0 Å². The minimum absolute atomic E-state index is 0.168. The number of rotatable bonds is 2. The summed E-state index contributed by atoms with van der Waals surface area (Å²) in [5.74, 6) is -1.01. The summed E-state index contributed by atoms with van der Waals surface area (Å²) >= 11 is 0. The predicted octanol–water partition coefficient (Wildman–Crippen LogP) is 1.60. The van der Waals surface area contributed by atoms with Crippen molar-refractivity contribution in [1.29, 1.82) is 0 Å². The Hall–Kier alpha value is -3.02. The van der Waals surface area contributed by atoms with Crippen molar-refractivity contribution in [2.45, 2.75) is 0 Å². The molecule has 2 aromatic carbocycles. The molecule has 6 heteroatoms. The van der Waals surface area contributed by atoms with Crippen molar-refractivity contribution in [3.63, 3.8) is 0 Å². The van der Waals surface area contributed by atoms with Gasteiger partial charge in [0.05, 0.1) is 22.3 Å². The van der Waals surface area contributed by atoms with E-state index >= 15 is 0 Å². The lowest BCUT2D eigenvalue weighted by Gasteiger charge is -2.04. The van der Waals surface area contributed by atoms with Crippen molar-refractivity contribution in [3.05, 3.63) is 58.5 Å². The summed E-state index contributed by atoms with van der Waals surface area (Å²) in [5, 5.41) is 8.88. The number of carboxylic acids is 1. The van der Waals surface area contributed by atoms with Crippen LogP contribution in [0.1, 0.15) is 10.4 Å². The molecule has 20 heavy (non-hydrogen) atoms. The first-order chi connectivity index (χ1) is 9.56. The Kier molecular flexibility index (Phi) is 2.57. The van der Waals surface area contributed by atoms with Crippen molar-refractivity contribution >= 4 is 22.7 Å². The van der Waals surface area contributed by atoms with E-state index in [9.17, 15) is 9.59 Å². The average molecular weight is 269 g/mol. The van der Waals surface area contributed by atoms with Crippen LogP contribution in [0.5, 0.6) is 0 Å². The number of aromatic nitrogens is 2. The highest BCUT2D eigenvalue weighted by Gasteiger charge is 2.10. The second-order valence-electron chi connectivity index (χ2n) is 4.39. The van der Waals surface area contributed by atoms with Gasteiger partial charge in [0.15, 0.2) is 0 Å². The molecule has 1 aromatic heterocycles. The molecule has 4 N–H and O–H groups in total. The average Bonchev–Trinajstić information content (AvgIpc) is 2.74. The van der Waals surface area contributed by atoms with E-state index < -0.39 is 5.97 Å². The number of nitrogens with one attached hydrogen (secondary N) is 1. The van der Waals surface area contributed by atoms with Gasteiger partial charge in [0.25, 0.3) is 0 Å². The van der Waals surface area contributed by atoms with Crippen molar-refractivity contribution in [2.75, 3.05) is 5.73 Å². The van der Waals surface area contributed by atoms with E-state index in [2.05, 4.69) is 4.98 Å². The molecule has 0 amide bonds. The molecule has 3 aromatic rings. The van der Waals surface area contributed by atoms with Crippen LogP contribution in [0, 0.1) is 0 Å². The molecule has 100 valence electrons. The van der Waals surface area contributed by atoms with E-state index in [-0.39, 0.29) is 11.3 Å². The molecule has 0 saturated heterocycles. The second kappa shape index (κ2) is 4.27. The topological polar surface area (TPSA) is 101 Å². The van der Waals surface area contributed by atoms with Crippen molar-refractivity contribution in [1.82, 2.24) is 9.55 Å². The molecule has 0 aliphatic rings. The number of benzene rings is 2. The maximum absolute atomic E-state index is 12.0. The zero-order valence-electron chi connectivity index (χ0n) is 10.3. The Bertz CT molecular complexity index is 859. The third-order valence-corrected chi connectivity index (χ3v) is 3.08. The predicted molar refractivity (Wildman–Crippen MR) is 75.3 cm³/mol. The number of H-pyrrole nitrogens is 1. The van der Waals surface area contributed by atoms with Crippen LogP contribution in [0.2, 0.25) is 0 Å². The highest BCUT2D eigenvalue weighted by atomic mass is 16.4. The van der Waals surface area contributed by atoms with E-state index in [0.29, 0.717) is 22.4 Å². The fourth-order valence-electron chi connectivity index (χ4n) is 2.13. The Morgan fingerprint density at radius 2 is 1.85 bits per heavy atom. The lowest BCUT2D eigenvalue weighted by molar-refractivity contribution is 0.0697. The third-order valence-electron chi connectivity index (χ3n) is 3.08. The molecule has 1 heterocycles. The number of anilines is 1. The quantitative estimate of drug-likeness (QED) is 0.615. The molecule has 0 spiro atoms. The number of hydrogen-bond acceptors (Lipinski definition) is 3. The highest BCUT2D eigenvalue weighted by molar-refractivity contribution is 5.88. The number of aromatic amines is 1. The van der Waals surface area contributed by atoms with Crippen LogP contribution in [0.25, 0.3) is 16.7 Å². The minimum Gasteiger partial charge on any atom is -0.478 e. The Balaban J connectivity index is 2.23. The van der Waals surface area contributed by atoms with E-state index in [1.54, 1.807) is 30.3 Å². The maximum Gasteiger partial charge on any atom is 0.335 e. The lowest BCUT2D eigenvalue weighted by Crippen LogP contribution is -2.14. The van der Waals surface area contributed by atoms with Gasteiger partial charge in [-0.25, -0.2) is 9.59 Å². The van der Waals surface area contributed by atoms with Crippen LogP contribution in [0.3, 0.4) is 0 Å². The molecule has 3 rings (SSSR count). The SMILES string of the molecule is Nc1ccc2[nH]c(=O)n(-c3ccc(C(=O)O)cc3)c2c1. The first-order valence-electron chi connectivity index (χ1n) is 5.90. The van der Waals surface area contributed by atoms with Gasteiger partial charge in [-0.3, -0.25) is 4.57 Å². The summed E-state index contributed by atoms with van der Waals surface area (Å²) in [6, 6.07) is 11.2. The molecular weight excluding hydrogens is 258 g/mol. The fraction of sp³-hybridized carbons (Fsp3) is 0. The number of hydrogen-bond donors (Lipinski definition) is 3. The molecule has 0 radical (unpaired) electrons. The molecule has 6 nitrogen and oxygen atoms in total. The monoisotopic (exact) mass is 269 g/mol. The molecule has 0 saturated carbocycles. The first-order valence-corrected chi connectivity index (χ1v) is 5.90. The Morgan fingerprint density at radius 3 is 2.50 bits per heavy atom. The van der Waals surface area contributed by atoms with Gasteiger partial charge >= 0.3 is 11.7 Å². The lowest BCUT2D eigenvalue weighted by atomic mass is 10.2. The smallest absolute Gasteiger partial charge is 0.335 e. The van der Waals surface area contributed by atoms with Gasteiger partial charge < -0.3 is 15.8 Å². The number of nitrogen functional groups attached to an aromatic ring is 1. The summed E-state index contributed by atoms with van der Waals surface area (Å²) in [7, 11) is 0. The van der Waals surface area contributed by atoms with E-state index in [0.717, 1.165) is 0 Å². The van der Waals surface area contributed by atoms with E-state index in [1.807, 2.05) is 0 Å². The van der Waals surface area contributed by atoms with E-state index in [4.69, 9.17) is 10.8 Å². The molecule has 0 fully saturated rings. The summed E-state index contributed by atoms with van der Waals surface area (Å²) in [5.41, 5.74) is 8.06. The normalized spacial score (nSPS) is 10.8. The molecular formula is C14H11N3O3. The van der Waals surface area contributed by atoms with Crippen LogP contribution in [-0.2, 0) is 0 Å². The number of imidazole rings is 1. The van der Waals surface area contributed by atoms with Crippen molar-refractivity contribution in [2.24, 2.45) is 0 Å². The Morgan fingerprint density at radius 1 is 1.15 bits per heavy atom. The zero-order chi connectivity index (χ0) is 14.3. The summed E-state index contributed by atoms with van der Waals surface area (Å²) in [6.07, 6.45) is 0. The molecule has 0 unspecified atom stereocenters. The highest BCUT2D eigenvalue weighted by Crippen LogP contribution is 2.18. The van der Waals surface area contributed by atoms with Gasteiger partial charge in [-0.15, -0.1) is 0 Å². The number of carboxylic acid groups (broad SMARTS) is 1. The van der Waals surface area contributed by atoms with Crippen molar-refractivity contribution < 1.29 is 9.90 Å². The van der Waals surface area contributed by atoms with Crippen LogP contribution in [0.15, 0.2) is 47.3 Å². The van der Waals surface area contributed by atoms with Crippen molar-refractivity contribution in [3.8, 4) is 5.69 Å². The summed E-state index contributed by atoms with van der Waals surface area (Å²) < 4.78 is 1.46. The summed E-state index contributed by atoms with van der Waals surface area (Å²) in [6.45, 7) is 0. The van der Waals surface area contributed by atoms with Gasteiger partial charge in [0.1, 0.15) is 0 Å². The molecule has 0 aliphatic carbocycles. The van der Waals surface area contributed by atoms with Gasteiger partial charge in [-0.2, -0.15) is 0 Å². The first kappa shape index (κ1) is 12.0. The molecule has 0 bridgehead atoms. The second-order valence-corrected chi connectivity index (χ2v) is 4.39. The Labute approximate surface area is 113 Å². The van der Waals surface area contributed by atoms with Crippen LogP contribution >= 0.6 is 0 Å². The molecule has 0 aliphatic heterocycles. The van der Waals surface area contributed by atoms with Gasteiger partial charge in [-0.05, 0) is 42.5 Å². The number of nitrogens with zero attached hydrogens (tertiary/aromatic N) is 1. The van der Waals surface area contributed by atoms with Gasteiger partial charge in [0, 0.05) is 5.69 Å². The van der Waals surface area contributed by atoms with E-state index in [1.165, 1.54) is 16.7 Å². The van der Waals surface area contributed by atoms with Crippen LogP contribution < -0.4 is 11.4 Å².